The zero-order valence-corrected chi connectivity index (χ0v) is 14.2. The highest BCUT2D eigenvalue weighted by Crippen LogP contribution is 2.27. The number of urea groups is 1. The van der Waals surface area contributed by atoms with Crippen LogP contribution in [0.5, 0.6) is 0 Å². The molecule has 1 aromatic carbocycles. The number of hydrogen-bond donors (Lipinski definition) is 0. The molecule has 2 fully saturated rings. The summed E-state index contributed by atoms with van der Waals surface area (Å²) in [4.78, 5) is 29.7. The van der Waals surface area contributed by atoms with Gasteiger partial charge in [-0.2, -0.15) is 0 Å². The lowest BCUT2D eigenvalue weighted by Gasteiger charge is -2.36. The number of rotatable bonds is 1. The summed E-state index contributed by atoms with van der Waals surface area (Å²) in [6.45, 7) is 7.22. The molecule has 1 aromatic rings. The fourth-order valence-corrected chi connectivity index (χ4v) is 3.06. The van der Waals surface area contributed by atoms with E-state index in [9.17, 15) is 14.0 Å². The molecule has 2 aliphatic heterocycles. The Morgan fingerprint density at radius 2 is 2.00 bits per heavy atom. The van der Waals surface area contributed by atoms with Crippen molar-refractivity contribution in [3.63, 3.8) is 0 Å². The predicted molar refractivity (Wildman–Crippen MR) is 87.4 cm³/mol. The number of nitrogens with zero attached hydrogens (tertiary/aromatic N) is 3. The van der Waals surface area contributed by atoms with Gasteiger partial charge in [0.15, 0.2) is 0 Å². The minimum absolute atomic E-state index is 0.109. The molecule has 24 heavy (non-hydrogen) atoms. The zero-order chi connectivity index (χ0) is 17.5. The van der Waals surface area contributed by atoms with Crippen LogP contribution in [0.1, 0.15) is 20.8 Å². The first-order chi connectivity index (χ1) is 11.2. The molecule has 1 unspecified atom stereocenters. The van der Waals surface area contributed by atoms with Crippen molar-refractivity contribution >= 4 is 17.8 Å². The van der Waals surface area contributed by atoms with Gasteiger partial charge in [0.2, 0.25) is 0 Å². The monoisotopic (exact) mass is 335 g/mol. The largest absolute Gasteiger partial charge is 0.444 e. The number of amides is 3. The van der Waals surface area contributed by atoms with E-state index in [1.54, 1.807) is 26.8 Å². The lowest BCUT2D eigenvalue weighted by Crippen LogP contribution is -2.54. The molecular weight excluding hydrogens is 313 g/mol. The molecule has 0 saturated carbocycles. The van der Waals surface area contributed by atoms with Crippen LogP contribution in [-0.2, 0) is 4.74 Å². The summed E-state index contributed by atoms with van der Waals surface area (Å²) < 4.78 is 18.8. The second kappa shape index (κ2) is 5.96. The summed E-state index contributed by atoms with van der Waals surface area (Å²) in [7, 11) is 0. The first kappa shape index (κ1) is 16.5. The van der Waals surface area contributed by atoms with Gasteiger partial charge < -0.3 is 14.5 Å². The molecule has 0 aliphatic carbocycles. The third kappa shape index (κ3) is 3.29. The van der Waals surface area contributed by atoms with Gasteiger partial charge >= 0.3 is 12.1 Å². The SMILES string of the molecule is CC(C)(C)OC(=O)N1CCN2C(=O)N(c3cccc(F)c3)CC2C1. The number of hydrogen-bond acceptors (Lipinski definition) is 3. The molecule has 1 atom stereocenters. The van der Waals surface area contributed by atoms with Crippen LogP contribution in [0.15, 0.2) is 24.3 Å². The Labute approximate surface area is 140 Å². The molecule has 2 heterocycles. The standard InChI is InChI=1S/C17H22FN3O3/c1-17(2,3)24-16(23)19-7-8-20-14(10-19)11-21(15(20)22)13-6-4-5-12(18)9-13/h4-6,9,14H,7-8,10-11H2,1-3H3. The van der Waals surface area contributed by atoms with Gasteiger partial charge in [0.1, 0.15) is 11.4 Å². The molecule has 2 saturated heterocycles. The molecule has 0 bridgehead atoms. The van der Waals surface area contributed by atoms with Crippen LogP contribution in [0.4, 0.5) is 19.7 Å². The Balaban J connectivity index is 1.70. The number of piperazine rings is 1. The molecule has 0 radical (unpaired) electrons. The topological polar surface area (TPSA) is 53.1 Å². The summed E-state index contributed by atoms with van der Waals surface area (Å²) in [6, 6.07) is 5.74. The molecule has 0 N–H and O–H groups in total. The summed E-state index contributed by atoms with van der Waals surface area (Å²) in [6.07, 6.45) is -0.362. The van der Waals surface area contributed by atoms with Crippen molar-refractivity contribution in [1.29, 1.82) is 0 Å². The number of carbonyl (C=O) groups is 2. The molecule has 7 heteroatoms. The van der Waals surface area contributed by atoms with Crippen LogP contribution < -0.4 is 4.90 Å². The van der Waals surface area contributed by atoms with Crippen molar-refractivity contribution < 1.29 is 18.7 Å². The Hall–Kier alpha value is -2.31. The highest BCUT2D eigenvalue weighted by atomic mass is 19.1. The van der Waals surface area contributed by atoms with Crippen LogP contribution in [0.2, 0.25) is 0 Å². The number of halogens is 1. The average molecular weight is 335 g/mol. The van der Waals surface area contributed by atoms with Crippen LogP contribution in [-0.4, -0.2) is 59.7 Å². The number of fused-ring (bicyclic) bond motifs is 1. The van der Waals surface area contributed by atoms with Crippen molar-refractivity contribution in [2.45, 2.75) is 32.4 Å². The highest BCUT2D eigenvalue weighted by Gasteiger charge is 2.42. The fourth-order valence-electron chi connectivity index (χ4n) is 3.06. The lowest BCUT2D eigenvalue weighted by atomic mass is 10.2. The van der Waals surface area contributed by atoms with Gasteiger partial charge in [0, 0.05) is 31.9 Å². The fraction of sp³-hybridized carbons (Fsp3) is 0.529. The normalized spacial score (nSPS) is 21.1. The number of benzene rings is 1. The number of anilines is 1. The van der Waals surface area contributed by atoms with Gasteiger partial charge in [0.05, 0.1) is 6.04 Å². The minimum atomic E-state index is -0.548. The van der Waals surface area contributed by atoms with Crippen LogP contribution >= 0.6 is 0 Å². The smallest absolute Gasteiger partial charge is 0.410 e. The van der Waals surface area contributed by atoms with E-state index in [1.807, 2.05) is 20.8 Å². The Kier molecular flexibility index (Phi) is 4.11. The summed E-state index contributed by atoms with van der Waals surface area (Å²) >= 11 is 0. The van der Waals surface area contributed by atoms with Gasteiger partial charge in [-0.15, -0.1) is 0 Å². The molecular formula is C17H22FN3O3. The summed E-state index contributed by atoms with van der Waals surface area (Å²) in [5.41, 5.74) is -0.00828. The molecule has 6 nitrogen and oxygen atoms in total. The second-order valence-electron chi connectivity index (χ2n) is 7.15. The Morgan fingerprint density at radius 3 is 2.67 bits per heavy atom. The van der Waals surface area contributed by atoms with Crippen molar-refractivity contribution in [2.24, 2.45) is 0 Å². The molecule has 3 amide bonds. The van der Waals surface area contributed by atoms with E-state index in [2.05, 4.69) is 0 Å². The maximum absolute atomic E-state index is 13.4. The maximum atomic E-state index is 13.4. The van der Waals surface area contributed by atoms with Crippen molar-refractivity contribution in [3.8, 4) is 0 Å². The van der Waals surface area contributed by atoms with Crippen molar-refractivity contribution in [2.75, 3.05) is 31.1 Å². The maximum Gasteiger partial charge on any atom is 0.410 e. The lowest BCUT2D eigenvalue weighted by molar-refractivity contribution is 0.0128. The van der Waals surface area contributed by atoms with Gasteiger partial charge in [-0.1, -0.05) is 6.07 Å². The first-order valence-electron chi connectivity index (χ1n) is 8.06. The Morgan fingerprint density at radius 1 is 1.25 bits per heavy atom. The van der Waals surface area contributed by atoms with Gasteiger partial charge in [0.25, 0.3) is 0 Å². The van der Waals surface area contributed by atoms with Gasteiger partial charge in [-0.25, -0.2) is 14.0 Å². The predicted octanol–water partition coefficient (Wildman–Crippen LogP) is 2.69. The number of carbonyl (C=O) groups excluding carboxylic acids is 2. The quantitative estimate of drug-likeness (QED) is 0.793. The van der Waals surface area contributed by atoms with Gasteiger partial charge in [-0.3, -0.25) is 4.90 Å². The van der Waals surface area contributed by atoms with Gasteiger partial charge in [-0.05, 0) is 39.0 Å². The van der Waals surface area contributed by atoms with Crippen LogP contribution in [0.3, 0.4) is 0 Å². The van der Waals surface area contributed by atoms with Crippen LogP contribution in [0, 0.1) is 5.82 Å². The molecule has 0 spiro atoms. The molecule has 0 aromatic heterocycles. The Bertz CT molecular complexity index is 659. The third-order valence-electron chi connectivity index (χ3n) is 4.12. The van der Waals surface area contributed by atoms with E-state index in [1.165, 1.54) is 12.1 Å². The summed E-state index contributed by atoms with van der Waals surface area (Å²) in [5, 5.41) is 0. The molecule has 2 aliphatic rings. The average Bonchev–Trinajstić information content (AvgIpc) is 2.82. The van der Waals surface area contributed by atoms with E-state index in [4.69, 9.17) is 4.74 Å². The highest BCUT2D eigenvalue weighted by molar-refractivity contribution is 5.95. The number of ether oxygens (including phenoxy) is 1. The minimum Gasteiger partial charge on any atom is -0.444 e. The molecule has 3 rings (SSSR count). The van der Waals surface area contributed by atoms with E-state index < -0.39 is 5.60 Å². The molecule has 130 valence electrons. The van der Waals surface area contributed by atoms with Crippen molar-refractivity contribution in [3.05, 3.63) is 30.1 Å². The van der Waals surface area contributed by atoms with Crippen molar-refractivity contribution in [1.82, 2.24) is 9.80 Å². The third-order valence-corrected chi connectivity index (χ3v) is 4.12. The van der Waals surface area contributed by atoms with E-state index >= 15 is 0 Å². The van der Waals surface area contributed by atoms with E-state index in [0.717, 1.165) is 0 Å². The van der Waals surface area contributed by atoms with E-state index in [-0.39, 0.29) is 24.0 Å². The summed E-state index contributed by atoms with van der Waals surface area (Å²) in [5.74, 6) is -0.374. The van der Waals surface area contributed by atoms with Crippen LogP contribution in [0.25, 0.3) is 0 Å². The second-order valence-corrected chi connectivity index (χ2v) is 7.15. The van der Waals surface area contributed by atoms with E-state index in [0.29, 0.717) is 31.9 Å². The zero-order valence-electron chi connectivity index (χ0n) is 14.2. The first-order valence-corrected chi connectivity index (χ1v) is 8.06.